The summed E-state index contributed by atoms with van der Waals surface area (Å²) in [4.78, 5) is 2.40. The normalized spacial score (nSPS) is 11.6. The van der Waals surface area contributed by atoms with Gasteiger partial charge >= 0.3 is 0 Å². The molecule has 0 saturated heterocycles. The highest BCUT2D eigenvalue weighted by Crippen LogP contribution is 2.50. The maximum absolute atomic E-state index is 6.80. The van der Waals surface area contributed by atoms with Crippen LogP contribution in [0.3, 0.4) is 0 Å². The molecule has 55 heavy (non-hydrogen) atoms. The molecule has 0 unspecified atom stereocenters. The highest BCUT2D eigenvalue weighted by molar-refractivity contribution is 6.16. The van der Waals surface area contributed by atoms with Crippen molar-refractivity contribution in [1.29, 1.82) is 0 Å². The Morgan fingerprint density at radius 3 is 1.53 bits per heavy atom. The Kier molecular flexibility index (Phi) is 7.17. The van der Waals surface area contributed by atoms with E-state index in [1.807, 2.05) is 18.2 Å². The fraction of sp³-hybridized carbons (Fsp3) is 0. The lowest BCUT2D eigenvalue weighted by atomic mass is 9.90. The molecule has 9 aromatic carbocycles. The van der Waals surface area contributed by atoms with Crippen molar-refractivity contribution in [2.45, 2.75) is 0 Å². The first kappa shape index (κ1) is 31.2. The largest absolute Gasteiger partial charge is 0.456 e. The van der Waals surface area contributed by atoms with Crippen LogP contribution in [0.5, 0.6) is 0 Å². The lowest BCUT2D eigenvalue weighted by molar-refractivity contribution is 0.668. The van der Waals surface area contributed by atoms with Crippen molar-refractivity contribution in [3.8, 4) is 33.4 Å². The predicted octanol–water partition coefficient (Wildman–Crippen LogP) is 15.1. The number of benzene rings is 9. The number of rotatable bonds is 6. The lowest BCUT2D eigenvalue weighted by Crippen LogP contribution is -2.13. The zero-order valence-electron chi connectivity index (χ0n) is 29.8. The van der Waals surface area contributed by atoms with Crippen LogP contribution in [0, 0.1) is 0 Å². The molecule has 0 aliphatic heterocycles. The topological polar surface area (TPSA) is 29.5 Å². The monoisotopic (exact) mass is 703 g/mol. The molecule has 0 radical (unpaired) electrons. The van der Waals surface area contributed by atoms with Gasteiger partial charge in [-0.3, -0.25) is 0 Å². The van der Waals surface area contributed by atoms with Gasteiger partial charge in [-0.1, -0.05) is 164 Å². The van der Waals surface area contributed by atoms with Crippen LogP contribution in [-0.4, -0.2) is 0 Å². The van der Waals surface area contributed by atoms with Gasteiger partial charge in [-0.15, -0.1) is 0 Å². The zero-order valence-corrected chi connectivity index (χ0v) is 29.8. The minimum atomic E-state index is 0.836. The standard InChI is InChI=1S/C52H33NO2/c1-2-16-34(17-3-1)36-24-12-18-35-19-13-25-40(50(35)36)37-20-4-8-28-44(37)53(46-30-14-27-42-39-22-6-10-31-47(39)55-52(42)46)45-29-9-5-21-38(45)41-26-15-33-49-51(41)43-23-7-11-32-48(43)54-49/h1-33H. The van der Waals surface area contributed by atoms with E-state index in [0.717, 1.165) is 83.2 Å². The van der Waals surface area contributed by atoms with Gasteiger partial charge in [0.15, 0.2) is 5.58 Å². The fourth-order valence-electron chi connectivity index (χ4n) is 8.51. The van der Waals surface area contributed by atoms with Crippen LogP contribution >= 0.6 is 0 Å². The van der Waals surface area contributed by atoms with E-state index in [9.17, 15) is 0 Å². The quantitative estimate of drug-likeness (QED) is 0.173. The van der Waals surface area contributed by atoms with Gasteiger partial charge in [-0.05, 0) is 69.4 Å². The van der Waals surface area contributed by atoms with Crippen molar-refractivity contribution in [3.05, 3.63) is 200 Å². The summed E-state index contributed by atoms with van der Waals surface area (Å²) in [6.45, 7) is 0. The average molecular weight is 704 g/mol. The van der Waals surface area contributed by atoms with Gasteiger partial charge in [0.25, 0.3) is 0 Å². The average Bonchev–Trinajstić information content (AvgIpc) is 3.83. The van der Waals surface area contributed by atoms with Crippen molar-refractivity contribution in [3.63, 3.8) is 0 Å². The molecule has 0 aliphatic rings. The van der Waals surface area contributed by atoms with Gasteiger partial charge in [0.1, 0.15) is 16.7 Å². The lowest BCUT2D eigenvalue weighted by Gasteiger charge is -2.30. The summed E-state index contributed by atoms with van der Waals surface area (Å²) < 4.78 is 13.2. The van der Waals surface area contributed by atoms with Crippen LogP contribution in [0.1, 0.15) is 0 Å². The second-order valence-electron chi connectivity index (χ2n) is 14.0. The van der Waals surface area contributed by atoms with Gasteiger partial charge < -0.3 is 13.7 Å². The molecule has 11 aromatic rings. The SMILES string of the molecule is c1ccc(-c2cccc3cccc(-c4ccccc4N(c4ccccc4-c4cccc5oc6ccccc6c45)c4cccc5c4oc4ccccc45)c23)cc1. The number of anilines is 3. The first-order valence-electron chi connectivity index (χ1n) is 18.7. The molecular weight excluding hydrogens is 671 g/mol. The molecule has 3 heteroatoms. The number of fused-ring (bicyclic) bond motifs is 7. The van der Waals surface area contributed by atoms with E-state index in [2.05, 4.69) is 187 Å². The van der Waals surface area contributed by atoms with Gasteiger partial charge in [-0.25, -0.2) is 0 Å². The molecule has 0 fully saturated rings. The summed E-state index contributed by atoms with van der Waals surface area (Å²) >= 11 is 0. The zero-order chi connectivity index (χ0) is 36.3. The second-order valence-corrected chi connectivity index (χ2v) is 14.0. The molecule has 0 bridgehead atoms. The summed E-state index contributed by atoms with van der Waals surface area (Å²) in [6.07, 6.45) is 0. The van der Waals surface area contributed by atoms with Crippen LogP contribution in [0.25, 0.3) is 88.0 Å². The predicted molar refractivity (Wildman–Crippen MR) is 229 cm³/mol. The summed E-state index contributed by atoms with van der Waals surface area (Å²) in [5, 5.41) is 6.78. The molecule has 0 spiro atoms. The van der Waals surface area contributed by atoms with E-state index < -0.39 is 0 Å². The smallest absolute Gasteiger partial charge is 0.159 e. The molecule has 0 atom stereocenters. The molecule has 258 valence electrons. The number of para-hydroxylation sites is 5. The molecular formula is C52H33NO2. The fourth-order valence-corrected chi connectivity index (χ4v) is 8.51. The van der Waals surface area contributed by atoms with Crippen LogP contribution in [0.4, 0.5) is 17.1 Å². The first-order chi connectivity index (χ1) is 27.3. The molecule has 0 saturated carbocycles. The van der Waals surface area contributed by atoms with E-state index in [1.165, 1.54) is 21.9 Å². The Morgan fingerprint density at radius 1 is 0.291 bits per heavy atom. The van der Waals surface area contributed by atoms with Crippen LogP contribution < -0.4 is 4.90 Å². The molecule has 3 nitrogen and oxygen atoms in total. The summed E-state index contributed by atoms with van der Waals surface area (Å²) in [6, 6.07) is 70.9. The third kappa shape index (κ3) is 4.98. The number of furan rings is 2. The molecule has 2 aromatic heterocycles. The summed E-state index contributed by atoms with van der Waals surface area (Å²) in [5.41, 5.74) is 13.3. The minimum Gasteiger partial charge on any atom is -0.456 e. The Bertz CT molecular complexity index is 3220. The third-order valence-electron chi connectivity index (χ3n) is 10.9. The number of nitrogens with zero attached hydrogens (tertiary/aromatic N) is 1. The van der Waals surface area contributed by atoms with E-state index in [-0.39, 0.29) is 0 Å². The maximum atomic E-state index is 6.80. The summed E-state index contributed by atoms with van der Waals surface area (Å²) in [5.74, 6) is 0. The van der Waals surface area contributed by atoms with E-state index in [4.69, 9.17) is 8.83 Å². The van der Waals surface area contributed by atoms with Gasteiger partial charge in [0.2, 0.25) is 0 Å². The Labute approximate surface area is 317 Å². The van der Waals surface area contributed by atoms with Crippen molar-refractivity contribution in [1.82, 2.24) is 0 Å². The minimum absolute atomic E-state index is 0.836. The molecule has 0 N–H and O–H groups in total. The highest BCUT2D eigenvalue weighted by Gasteiger charge is 2.26. The number of hydrogen-bond acceptors (Lipinski definition) is 3. The van der Waals surface area contributed by atoms with E-state index >= 15 is 0 Å². The van der Waals surface area contributed by atoms with Crippen molar-refractivity contribution < 1.29 is 8.83 Å². The Balaban J connectivity index is 1.24. The molecule has 0 amide bonds. The second kappa shape index (κ2) is 12.6. The third-order valence-corrected chi connectivity index (χ3v) is 10.9. The Morgan fingerprint density at radius 2 is 0.782 bits per heavy atom. The van der Waals surface area contributed by atoms with E-state index in [1.54, 1.807) is 0 Å². The molecule has 2 heterocycles. The van der Waals surface area contributed by atoms with E-state index in [0.29, 0.717) is 0 Å². The Hall–Kier alpha value is -7.36. The summed E-state index contributed by atoms with van der Waals surface area (Å²) in [7, 11) is 0. The molecule has 11 rings (SSSR count). The van der Waals surface area contributed by atoms with Gasteiger partial charge in [0, 0.05) is 32.7 Å². The van der Waals surface area contributed by atoms with Crippen molar-refractivity contribution in [2.75, 3.05) is 4.90 Å². The van der Waals surface area contributed by atoms with Crippen molar-refractivity contribution >= 4 is 71.7 Å². The van der Waals surface area contributed by atoms with Crippen LogP contribution in [0.2, 0.25) is 0 Å². The first-order valence-corrected chi connectivity index (χ1v) is 18.7. The maximum Gasteiger partial charge on any atom is 0.159 e. The van der Waals surface area contributed by atoms with Gasteiger partial charge in [-0.2, -0.15) is 0 Å². The van der Waals surface area contributed by atoms with Gasteiger partial charge in [0.05, 0.1) is 17.1 Å². The molecule has 0 aliphatic carbocycles. The number of hydrogen-bond donors (Lipinski definition) is 0. The van der Waals surface area contributed by atoms with Crippen LogP contribution in [0.15, 0.2) is 209 Å². The highest BCUT2D eigenvalue weighted by atomic mass is 16.3. The van der Waals surface area contributed by atoms with Crippen molar-refractivity contribution in [2.24, 2.45) is 0 Å². The van der Waals surface area contributed by atoms with Crippen LogP contribution in [-0.2, 0) is 0 Å².